The molecule has 0 radical (unpaired) electrons. The summed E-state index contributed by atoms with van der Waals surface area (Å²) in [5.41, 5.74) is 0. The summed E-state index contributed by atoms with van der Waals surface area (Å²) >= 11 is 0. The third-order valence-electron chi connectivity index (χ3n) is 1.51. The van der Waals surface area contributed by atoms with Crippen molar-refractivity contribution < 1.29 is 35.0 Å². The molecule has 1 rings (SSSR count). The molecule has 0 bridgehead atoms. The Balaban J connectivity index is 3.68. The largest absolute Gasteiger partial charge is 0.617 e. The maximum Gasteiger partial charge on any atom is 0.617 e. The van der Waals surface area contributed by atoms with Crippen LogP contribution < -0.4 is 5.19 Å². The van der Waals surface area contributed by atoms with E-state index >= 15 is 0 Å². The standard InChI is InChI=1S/C6HF7OSi/c7-1-2(8)4(10)6(15(12,13)14)5(11)3(1)9/h14H. The van der Waals surface area contributed by atoms with Gasteiger partial charge in [0.05, 0.1) is 0 Å². The zero-order valence-corrected chi connectivity index (χ0v) is 7.59. The van der Waals surface area contributed by atoms with Crippen LogP contribution >= 0.6 is 0 Å². The van der Waals surface area contributed by atoms with E-state index < -0.39 is 43.3 Å². The van der Waals surface area contributed by atoms with Gasteiger partial charge in [-0.2, -0.15) is 0 Å². The first kappa shape index (κ1) is 12.0. The predicted octanol–water partition coefficient (Wildman–Crippen LogP) is 1.46. The monoisotopic (exact) mass is 250 g/mol. The molecule has 0 aliphatic heterocycles. The molecule has 0 saturated carbocycles. The third-order valence-corrected chi connectivity index (χ3v) is 2.55. The molecule has 15 heavy (non-hydrogen) atoms. The first-order chi connectivity index (χ1) is 6.68. The van der Waals surface area contributed by atoms with Crippen molar-refractivity contribution in [1.29, 1.82) is 0 Å². The van der Waals surface area contributed by atoms with Crippen LogP contribution in [0.2, 0.25) is 0 Å². The minimum absolute atomic E-state index is 2.43. The highest BCUT2D eigenvalue weighted by Crippen LogP contribution is 2.19. The first-order valence-electron chi connectivity index (χ1n) is 3.30. The van der Waals surface area contributed by atoms with Gasteiger partial charge in [-0.25, -0.2) is 30.2 Å². The predicted molar refractivity (Wildman–Crippen MR) is 36.1 cm³/mol. The molecule has 84 valence electrons. The Bertz CT molecular complexity index is 384. The smallest absolute Gasteiger partial charge is 0.380 e. The van der Waals surface area contributed by atoms with Crippen LogP contribution in [0.25, 0.3) is 0 Å². The van der Waals surface area contributed by atoms with Crippen molar-refractivity contribution in [3.8, 4) is 0 Å². The third kappa shape index (κ3) is 1.84. The van der Waals surface area contributed by atoms with Gasteiger partial charge in [-0.05, 0) is 0 Å². The molecule has 0 aromatic heterocycles. The average molecular weight is 250 g/mol. The molecule has 9 heteroatoms. The average Bonchev–Trinajstić information content (AvgIpc) is 2.09. The van der Waals surface area contributed by atoms with E-state index in [4.69, 9.17) is 4.80 Å². The molecule has 1 aromatic rings. The van der Waals surface area contributed by atoms with E-state index in [2.05, 4.69) is 0 Å². The van der Waals surface area contributed by atoms with Gasteiger partial charge in [-0.15, -0.1) is 0 Å². The van der Waals surface area contributed by atoms with Gasteiger partial charge in [0.2, 0.25) is 5.82 Å². The second-order valence-electron chi connectivity index (χ2n) is 2.49. The van der Waals surface area contributed by atoms with Crippen LogP contribution in [0.15, 0.2) is 0 Å². The lowest BCUT2D eigenvalue weighted by molar-refractivity contribution is 0.357. The Morgan fingerprint density at radius 3 is 1.20 bits per heavy atom. The highest BCUT2D eigenvalue weighted by atomic mass is 28.4. The molecule has 1 N–H and O–H groups in total. The minimum Gasteiger partial charge on any atom is -0.380 e. The Hall–Kier alpha value is -1.09. The van der Waals surface area contributed by atoms with Gasteiger partial charge in [-0.1, -0.05) is 0 Å². The zero-order chi connectivity index (χ0) is 12.0. The lowest BCUT2D eigenvalue weighted by Gasteiger charge is -2.09. The van der Waals surface area contributed by atoms with Crippen LogP contribution in [-0.4, -0.2) is 13.8 Å². The first-order valence-corrected chi connectivity index (χ1v) is 5.00. The maximum atomic E-state index is 12.6. The lowest BCUT2D eigenvalue weighted by Crippen LogP contribution is -2.45. The van der Waals surface area contributed by atoms with E-state index in [1.54, 1.807) is 0 Å². The van der Waals surface area contributed by atoms with Crippen LogP contribution in [0.5, 0.6) is 0 Å². The number of halogens is 7. The molecule has 0 amide bonds. The van der Waals surface area contributed by atoms with Gasteiger partial charge in [0.1, 0.15) is 5.19 Å². The van der Waals surface area contributed by atoms with Crippen LogP contribution in [-0.2, 0) is 0 Å². The highest BCUT2D eigenvalue weighted by Gasteiger charge is 2.46. The van der Waals surface area contributed by atoms with Crippen molar-refractivity contribution in [1.82, 2.24) is 0 Å². The van der Waals surface area contributed by atoms with Crippen LogP contribution in [0.1, 0.15) is 0 Å². The fourth-order valence-corrected chi connectivity index (χ4v) is 1.62. The summed E-state index contributed by atoms with van der Waals surface area (Å²) in [6.07, 6.45) is 0. The van der Waals surface area contributed by atoms with Gasteiger partial charge in [0.15, 0.2) is 23.3 Å². The molecule has 1 nitrogen and oxygen atoms in total. The fourth-order valence-electron chi connectivity index (χ4n) is 0.869. The van der Waals surface area contributed by atoms with E-state index in [1.165, 1.54) is 0 Å². The molecule has 0 fully saturated rings. The highest BCUT2D eigenvalue weighted by molar-refractivity contribution is 6.73. The molecule has 1 aromatic carbocycles. The Morgan fingerprint density at radius 1 is 0.667 bits per heavy atom. The molecule has 0 atom stereocenters. The SMILES string of the molecule is O[Si](F)(F)c1c(F)c(F)c(F)c(F)c1F. The topological polar surface area (TPSA) is 20.2 Å². The van der Waals surface area contributed by atoms with Crippen LogP contribution in [0, 0.1) is 29.1 Å². The normalized spacial score (nSPS) is 12.0. The lowest BCUT2D eigenvalue weighted by atomic mass is 10.3. The fraction of sp³-hybridized carbons (Fsp3) is 0. The summed E-state index contributed by atoms with van der Waals surface area (Å²) < 4.78 is 86.6. The molecule has 0 saturated heterocycles. The molecule has 0 heterocycles. The number of hydrogen-bond donors (Lipinski definition) is 1. The summed E-state index contributed by atoms with van der Waals surface area (Å²) in [7, 11) is -6.60. The second kappa shape index (κ2) is 3.49. The quantitative estimate of drug-likeness (QED) is 0.263. The molecule has 0 unspecified atom stereocenters. The van der Waals surface area contributed by atoms with Crippen LogP contribution in [0.4, 0.5) is 30.2 Å². The molecular formula is C6HF7OSi. The number of rotatable bonds is 1. The number of hydrogen-bond acceptors (Lipinski definition) is 1. The van der Waals surface area contributed by atoms with Crippen molar-refractivity contribution in [3.63, 3.8) is 0 Å². The maximum absolute atomic E-state index is 12.6. The van der Waals surface area contributed by atoms with Gasteiger partial charge < -0.3 is 4.80 Å². The summed E-state index contributed by atoms with van der Waals surface area (Å²) in [6, 6.07) is 0. The summed E-state index contributed by atoms with van der Waals surface area (Å²) in [5, 5.41) is -2.43. The summed E-state index contributed by atoms with van der Waals surface area (Å²) in [6.45, 7) is 0. The Morgan fingerprint density at radius 2 is 0.933 bits per heavy atom. The number of benzene rings is 1. The van der Waals surface area contributed by atoms with E-state index in [0.29, 0.717) is 0 Å². The van der Waals surface area contributed by atoms with E-state index in [-0.39, 0.29) is 0 Å². The molecule has 0 aliphatic rings. The summed E-state index contributed by atoms with van der Waals surface area (Å²) in [4.78, 5) is 8.06. The van der Waals surface area contributed by atoms with E-state index in [9.17, 15) is 30.2 Å². The van der Waals surface area contributed by atoms with Gasteiger partial charge >= 0.3 is 8.99 Å². The van der Waals surface area contributed by atoms with Gasteiger partial charge in [0.25, 0.3) is 0 Å². The van der Waals surface area contributed by atoms with Gasteiger partial charge in [0, 0.05) is 0 Å². The molecule has 0 aliphatic carbocycles. The van der Waals surface area contributed by atoms with Crippen molar-refractivity contribution >= 4 is 14.2 Å². The van der Waals surface area contributed by atoms with Crippen molar-refractivity contribution in [2.24, 2.45) is 0 Å². The molecular weight excluding hydrogens is 249 g/mol. The second-order valence-corrected chi connectivity index (χ2v) is 4.07. The van der Waals surface area contributed by atoms with E-state index in [1.807, 2.05) is 0 Å². The Kier molecular flexibility index (Phi) is 2.78. The minimum atomic E-state index is -6.60. The van der Waals surface area contributed by atoms with Crippen molar-refractivity contribution in [3.05, 3.63) is 29.1 Å². The van der Waals surface area contributed by atoms with Crippen molar-refractivity contribution in [2.45, 2.75) is 0 Å². The summed E-state index contributed by atoms with van der Waals surface area (Å²) in [5.74, 6) is -13.0. The zero-order valence-electron chi connectivity index (χ0n) is 6.59. The van der Waals surface area contributed by atoms with E-state index in [0.717, 1.165) is 0 Å². The van der Waals surface area contributed by atoms with Gasteiger partial charge in [-0.3, -0.25) is 0 Å². The van der Waals surface area contributed by atoms with Crippen molar-refractivity contribution in [2.75, 3.05) is 0 Å². The van der Waals surface area contributed by atoms with Crippen LogP contribution in [0.3, 0.4) is 0 Å². The Labute approximate surface area is 79.2 Å². The molecule has 0 spiro atoms.